The molecule has 5 heteroatoms. The molecule has 0 saturated carbocycles. The molecule has 1 amide bonds. The van der Waals surface area contributed by atoms with Crippen molar-refractivity contribution >= 4 is 18.1 Å². The second-order valence-corrected chi connectivity index (χ2v) is 5.57. The minimum Gasteiger partial charge on any atom is -0.348 e. The van der Waals surface area contributed by atoms with Gasteiger partial charge >= 0.3 is 6.18 Å². The number of carbonyl (C=O) groups excluding carboxylic acids is 1. The minimum atomic E-state index is -4.36. The number of benzene rings is 2. The highest BCUT2D eigenvalue weighted by atomic mass is 19.4. The van der Waals surface area contributed by atoms with Crippen LogP contribution in [-0.4, -0.2) is 5.91 Å². The average Bonchev–Trinajstić information content (AvgIpc) is 2.58. The quantitative estimate of drug-likeness (QED) is 0.760. The Bertz CT molecular complexity index is 790. The molecule has 0 fully saturated rings. The molecule has 0 aromatic heterocycles. The second-order valence-electron chi connectivity index (χ2n) is 5.57. The van der Waals surface area contributed by atoms with Crippen LogP contribution in [0, 0.1) is 6.92 Å². The van der Waals surface area contributed by atoms with Gasteiger partial charge in [-0.25, -0.2) is 0 Å². The Morgan fingerprint density at radius 1 is 1.16 bits per heavy atom. The summed E-state index contributed by atoms with van der Waals surface area (Å²) in [5, 5.41) is 2.74. The maximum absolute atomic E-state index is 12.5. The highest BCUT2D eigenvalue weighted by Crippen LogP contribution is 2.29. The smallest absolute Gasteiger partial charge is 0.348 e. The van der Waals surface area contributed by atoms with E-state index in [0.29, 0.717) is 12.1 Å². The van der Waals surface area contributed by atoms with Gasteiger partial charge in [0.2, 0.25) is 5.91 Å². The van der Waals surface area contributed by atoms with Gasteiger partial charge < -0.3 is 5.32 Å². The third-order valence-corrected chi connectivity index (χ3v) is 3.70. The lowest BCUT2D eigenvalue weighted by Gasteiger charge is -2.07. The van der Waals surface area contributed by atoms with Crippen LogP contribution in [0.3, 0.4) is 0 Å². The molecule has 0 spiro atoms. The fourth-order valence-corrected chi connectivity index (χ4v) is 2.22. The summed E-state index contributed by atoms with van der Waals surface area (Å²) >= 11 is 0. The van der Waals surface area contributed by atoms with Crippen LogP contribution in [0.2, 0.25) is 0 Å². The summed E-state index contributed by atoms with van der Waals surface area (Å²) in [5.41, 5.74) is 2.86. The molecule has 2 nitrogen and oxygen atoms in total. The van der Waals surface area contributed by atoms with Crippen LogP contribution in [0.5, 0.6) is 0 Å². The lowest BCUT2D eigenvalue weighted by Crippen LogP contribution is -2.20. The van der Waals surface area contributed by atoms with Crippen LogP contribution in [-0.2, 0) is 17.5 Å². The largest absolute Gasteiger partial charge is 0.416 e. The van der Waals surface area contributed by atoms with Gasteiger partial charge in [-0.1, -0.05) is 36.9 Å². The SMILES string of the molecule is C=Cc1cc(CNC(=O)/C=C/c2ccc(C(F)(F)F)cc2)ccc1C. The normalized spacial score (nSPS) is 11.5. The Morgan fingerprint density at radius 2 is 1.84 bits per heavy atom. The van der Waals surface area contributed by atoms with E-state index in [-0.39, 0.29) is 5.91 Å². The maximum atomic E-state index is 12.5. The first-order valence-corrected chi connectivity index (χ1v) is 7.65. The predicted octanol–water partition coefficient (Wildman–Crippen LogP) is 4.99. The molecular weight excluding hydrogens is 327 g/mol. The summed E-state index contributed by atoms with van der Waals surface area (Å²) in [6.07, 6.45) is 0.161. The molecule has 2 aromatic carbocycles. The summed E-state index contributed by atoms with van der Waals surface area (Å²) < 4.78 is 37.5. The number of alkyl halides is 3. The highest BCUT2D eigenvalue weighted by molar-refractivity contribution is 5.91. The average molecular weight is 345 g/mol. The zero-order valence-corrected chi connectivity index (χ0v) is 13.7. The van der Waals surface area contributed by atoms with E-state index in [1.807, 2.05) is 25.1 Å². The van der Waals surface area contributed by atoms with Crippen LogP contribution >= 0.6 is 0 Å². The number of nitrogens with one attached hydrogen (secondary N) is 1. The van der Waals surface area contributed by atoms with Crippen molar-refractivity contribution in [2.45, 2.75) is 19.6 Å². The fourth-order valence-electron chi connectivity index (χ4n) is 2.22. The van der Waals surface area contributed by atoms with Gasteiger partial charge in [0.05, 0.1) is 5.56 Å². The number of halogens is 3. The number of hydrogen-bond donors (Lipinski definition) is 1. The Hall–Kier alpha value is -2.82. The molecule has 0 aliphatic rings. The minimum absolute atomic E-state index is 0.319. The molecule has 2 rings (SSSR count). The van der Waals surface area contributed by atoms with Crippen molar-refractivity contribution in [2.75, 3.05) is 0 Å². The topological polar surface area (TPSA) is 29.1 Å². The van der Waals surface area contributed by atoms with Crippen LogP contribution in [0.4, 0.5) is 13.2 Å². The van der Waals surface area contributed by atoms with Gasteiger partial charge in [-0.2, -0.15) is 13.2 Å². The van der Waals surface area contributed by atoms with Gasteiger partial charge in [0.15, 0.2) is 0 Å². The third kappa shape index (κ3) is 5.35. The number of aryl methyl sites for hydroxylation is 1. The molecule has 0 atom stereocenters. The zero-order valence-electron chi connectivity index (χ0n) is 13.7. The Balaban J connectivity index is 1.93. The van der Waals surface area contributed by atoms with Crippen molar-refractivity contribution < 1.29 is 18.0 Å². The van der Waals surface area contributed by atoms with Gasteiger partial charge in [0.25, 0.3) is 0 Å². The number of rotatable bonds is 5. The zero-order chi connectivity index (χ0) is 18.4. The lowest BCUT2D eigenvalue weighted by molar-refractivity contribution is -0.137. The van der Waals surface area contributed by atoms with Crippen LogP contribution in [0.15, 0.2) is 55.1 Å². The highest BCUT2D eigenvalue weighted by Gasteiger charge is 2.29. The molecule has 0 saturated heterocycles. The van der Waals surface area contributed by atoms with Crippen molar-refractivity contribution in [1.29, 1.82) is 0 Å². The second kappa shape index (κ2) is 7.83. The summed E-state index contributed by atoms with van der Waals surface area (Å²) in [4.78, 5) is 11.8. The number of hydrogen-bond acceptors (Lipinski definition) is 1. The van der Waals surface area contributed by atoms with Crippen LogP contribution < -0.4 is 5.32 Å². The summed E-state index contributed by atoms with van der Waals surface area (Å²) in [6, 6.07) is 10.4. The monoisotopic (exact) mass is 345 g/mol. The molecule has 130 valence electrons. The first kappa shape index (κ1) is 18.5. The van der Waals surface area contributed by atoms with Crippen LogP contribution in [0.1, 0.15) is 27.8 Å². The maximum Gasteiger partial charge on any atom is 0.416 e. The molecule has 0 heterocycles. The fraction of sp³-hybridized carbons (Fsp3) is 0.150. The third-order valence-electron chi connectivity index (χ3n) is 3.70. The molecule has 0 unspecified atom stereocenters. The molecule has 25 heavy (non-hydrogen) atoms. The molecule has 0 aliphatic carbocycles. The van der Waals surface area contributed by atoms with E-state index in [0.717, 1.165) is 28.8 Å². The molecule has 2 aromatic rings. The summed E-state index contributed by atoms with van der Waals surface area (Å²) in [6.45, 7) is 6.08. The van der Waals surface area contributed by atoms with E-state index in [1.54, 1.807) is 6.08 Å². The van der Waals surface area contributed by atoms with Crippen molar-refractivity contribution in [3.63, 3.8) is 0 Å². The molecule has 0 radical (unpaired) electrons. The van der Waals surface area contributed by atoms with Gasteiger partial charge in [0.1, 0.15) is 0 Å². The Morgan fingerprint density at radius 3 is 2.44 bits per heavy atom. The summed E-state index contributed by atoms with van der Waals surface area (Å²) in [7, 11) is 0. The van der Waals surface area contributed by atoms with Crippen molar-refractivity contribution in [3.8, 4) is 0 Å². The molecule has 1 N–H and O–H groups in total. The molecule has 0 aliphatic heterocycles. The van der Waals surface area contributed by atoms with E-state index < -0.39 is 11.7 Å². The van der Waals surface area contributed by atoms with Crippen LogP contribution in [0.25, 0.3) is 12.2 Å². The van der Waals surface area contributed by atoms with Gasteiger partial charge in [-0.15, -0.1) is 0 Å². The summed E-state index contributed by atoms with van der Waals surface area (Å²) in [5.74, 6) is -0.319. The van der Waals surface area contributed by atoms with E-state index in [2.05, 4.69) is 11.9 Å². The van der Waals surface area contributed by atoms with Gasteiger partial charge in [0, 0.05) is 12.6 Å². The van der Waals surface area contributed by atoms with Crippen molar-refractivity contribution in [1.82, 2.24) is 5.32 Å². The number of carbonyl (C=O) groups is 1. The van der Waals surface area contributed by atoms with E-state index in [1.165, 1.54) is 24.3 Å². The first-order valence-electron chi connectivity index (χ1n) is 7.65. The van der Waals surface area contributed by atoms with Gasteiger partial charge in [-0.05, 0) is 53.5 Å². The van der Waals surface area contributed by atoms with Crippen molar-refractivity contribution in [3.05, 3.63) is 82.9 Å². The first-order chi connectivity index (χ1) is 11.8. The predicted molar refractivity (Wildman–Crippen MR) is 93.6 cm³/mol. The lowest BCUT2D eigenvalue weighted by atomic mass is 10.1. The standard InChI is InChI=1S/C20H18F3NO/c1-3-17-12-16(5-4-14(17)2)13-24-19(25)11-8-15-6-9-18(10-7-15)20(21,22)23/h3-12H,1,13H2,2H3,(H,24,25)/b11-8+. The Labute approximate surface area is 144 Å². The van der Waals surface area contributed by atoms with E-state index in [9.17, 15) is 18.0 Å². The van der Waals surface area contributed by atoms with Crippen molar-refractivity contribution in [2.24, 2.45) is 0 Å². The van der Waals surface area contributed by atoms with E-state index in [4.69, 9.17) is 0 Å². The Kier molecular flexibility index (Phi) is 5.80. The molecule has 0 bridgehead atoms. The molecular formula is C20H18F3NO. The van der Waals surface area contributed by atoms with E-state index >= 15 is 0 Å². The number of amides is 1. The van der Waals surface area contributed by atoms with Gasteiger partial charge in [-0.3, -0.25) is 4.79 Å².